The Labute approximate surface area is 124 Å². The third-order valence-corrected chi connectivity index (χ3v) is 5.33. The zero-order valence-electron chi connectivity index (χ0n) is 10.8. The molecule has 0 unspecified atom stereocenters. The molecule has 0 spiro atoms. The van der Waals surface area contributed by atoms with Gasteiger partial charge in [0, 0.05) is 11.4 Å². The highest BCUT2D eigenvalue weighted by Crippen LogP contribution is 2.27. The lowest BCUT2D eigenvalue weighted by Crippen LogP contribution is -1.98. The highest BCUT2D eigenvalue weighted by molar-refractivity contribution is 8.01. The Kier molecular flexibility index (Phi) is 5.35. The summed E-state index contributed by atoms with van der Waals surface area (Å²) < 4.78 is 0.834. The highest BCUT2D eigenvalue weighted by Gasteiger charge is 2.11. The molecule has 0 radical (unpaired) electrons. The van der Waals surface area contributed by atoms with E-state index in [0.717, 1.165) is 32.2 Å². The first-order chi connectivity index (χ1) is 9.19. The first kappa shape index (κ1) is 14.5. The zero-order chi connectivity index (χ0) is 13.7. The van der Waals surface area contributed by atoms with Crippen LogP contribution in [0.4, 0.5) is 5.13 Å². The Morgan fingerprint density at radius 1 is 1.37 bits per heavy atom. The van der Waals surface area contributed by atoms with Gasteiger partial charge in [-0.25, -0.2) is 0 Å². The number of rotatable bonds is 7. The number of ketones is 1. The molecule has 0 aliphatic carbocycles. The summed E-state index contributed by atoms with van der Waals surface area (Å²) in [5.41, 5.74) is 0. The van der Waals surface area contributed by atoms with Gasteiger partial charge in [-0.2, -0.15) is 0 Å². The second kappa shape index (κ2) is 7.02. The Hall–Kier alpha value is -0.920. The molecule has 0 saturated heterocycles. The van der Waals surface area contributed by atoms with Crippen LogP contribution in [0.5, 0.6) is 0 Å². The van der Waals surface area contributed by atoms with Crippen molar-refractivity contribution < 1.29 is 4.79 Å². The molecule has 2 heterocycles. The lowest BCUT2D eigenvalue weighted by atomic mass is 10.3. The molecule has 2 aromatic heterocycles. The zero-order valence-corrected chi connectivity index (χ0v) is 13.3. The molecular weight excluding hydrogens is 298 g/mol. The smallest absolute Gasteiger partial charge is 0.206 e. The van der Waals surface area contributed by atoms with E-state index in [1.807, 2.05) is 19.1 Å². The second-order valence-electron chi connectivity index (χ2n) is 3.92. The van der Waals surface area contributed by atoms with Gasteiger partial charge in [0.15, 0.2) is 10.1 Å². The van der Waals surface area contributed by atoms with Crippen molar-refractivity contribution in [1.82, 2.24) is 10.2 Å². The van der Waals surface area contributed by atoms with Crippen LogP contribution in [-0.2, 0) is 0 Å². The Morgan fingerprint density at radius 2 is 2.21 bits per heavy atom. The second-order valence-corrected chi connectivity index (χ2v) is 7.41. The Balaban J connectivity index is 1.85. The molecule has 0 atom stereocenters. The number of nitrogens with one attached hydrogen (secondary N) is 1. The minimum Gasteiger partial charge on any atom is -0.360 e. The van der Waals surface area contributed by atoms with E-state index in [-0.39, 0.29) is 5.78 Å². The summed E-state index contributed by atoms with van der Waals surface area (Å²) >= 11 is 4.48. The summed E-state index contributed by atoms with van der Waals surface area (Å²) in [7, 11) is 0. The number of carbonyl (C=O) groups excluding carboxylic acids is 1. The van der Waals surface area contributed by atoms with Crippen molar-refractivity contribution in [2.45, 2.75) is 24.6 Å². The molecule has 0 fully saturated rings. The highest BCUT2D eigenvalue weighted by atomic mass is 32.2. The molecule has 0 aliphatic rings. The quantitative estimate of drug-likeness (QED) is 0.624. The van der Waals surface area contributed by atoms with Crippen LogP contribution in [0.3, 0.4) is 0 Å². The summed E-state index contributed by atoms with van der Waals surface area (Å²) in [5, 5.41) is 12.1. The van der Waals surface area contributed by atoms with Gasteiger partial charge >= 0.3 is 0 Å². The number of aryl methyl sites for hydroxylation is 1. The Morgan fingerprint density at radius 3 is 2.89 bits per heavy atom. The van der Waals surface area contributed by atoms with E-state index in [1.165, 1.54) is 34.4 Å². The fourth-order valence-corrected chi connectivity index (χ4v) is 3.91. The van der Waals surface area contributed by atoms with Crippen LogP contribution in [0.2, 0.25) is 0 Å². The third-order valence-electron chi connectivity index (χ3n) is 2.27. The molecule has 0 aliphatic heterocycles. The summed E-state index contributed by atoms with van der Waals surface area (Å²) in [6.45, 7) is 5.00. The fourth-order valence-electron chi connectivity index (χ4n) is 1.35. The monoisotopic (exact) mass is 313 g/mol. The minimum absolute atomic E-state index is 0.154. The third kappa shape index (κ3) is 4.29. The number of thiophene rings is 1. The molecular formula is C12H15N3OS3. The summed E-state index contributed by atoms with van der Waals surface area (Å²) in [6.07, 6.45) is 1.05. The normalized spacial score (nSPS) is 10.6. The van der Waals surface area contributed by atoms with E-state index in [4.69, 9.17) is 0 Å². The van der Waals surface area contributed by atoms with Crippen molar-refractivity contribution in [2.24, 2.45) is 0 Å². The van der Waals surface area contributed by atoms with E-state index in [9.17, 15) is 4.79 Å². The Bertz CT molecular complexity index is 550. The lowest BCUT2D eigenvalue weighted by Gasteiger charge is -1.96. The van der Waals surface area contributed by atoms with Gasteiger partial charge in [-0.15, -0.1) is 21.5 Å². The van der Waals surface area contributed by atoms with Gasteiger partial charge in [0.2, 0.25) is 5.13 Å². The van der Waals surface area contributed by atoms with Crippen molar-refractivity contribution in [2.75, 3.05) is 17.6 Å². The van der Waals surface area contributed by atoms with Gasteiger partial charge in [0.1, 0.15) is 0 Å². The van der Waals surface area contributed by atoms with E-state index in [0.29, 0.717) is 5.75 Å². The van der Waals surface area contributed by atoms with Crippen LogP contribution >= 0.6 is 34.4 Å². The molecule has 0 bridgehead atoms. The van der Waals surface area contributed by atoms with Gasteiger partial charge in [-0.1, -0.05) is 30.0 Å². The van der Waals surface area contributed by atoms with E-state index in [2.05, 4.69) is 22.4 Å². The lowest BCUT2D eigenvalue weighted by molar-refractivity contribution is 0.102. The largest absolute Gasteiger partial charge is 0.360 e. The van der Waals surface area contributed by atoms with Crippen LogP contribution in [-0.4, -0.2) is 28.3 Å². The maximum atomic E-state index is 11.9. The molecule has 102 valence electrons. The summed E-state index contributed by atoms with van der Waals surface area (Å²) in [5.74, 6) is 0.573. The number of carbonyl (C=O) groups is 1. The molecule has 2 aromatic rings. The molecule has 0 amide bonds. The van der Waals surface area contributed by atoms with Crippen LogP contribution in [0.25, 0.3) is 0 Å². The maximum Gasteiger partial charge on any atom is 0.206 e. The molecule has 7 heteroatoms. The first-order valence-electron chi connectivity index (χ1n) is 5.99. The molecule has 19 heavy (non-hydrogen) atoms. The number of hydrogen-bond donors (Lipinski definition) is 1. The standard InChI is InChI=1S/C12H15N3OS3/c1-3-6-13-11-14-15-12(19-11)17-7-9(16)10-5-4-8(2)18-10/h4-5H,3,6-7H2,1-2H3,(H,13,14). The average Bonchev–Trinajstić information content (AvgIpc) is 3.02. The predicted molar refractivity (Wildman–Crippen MR) is 82.8 cm³/mol. The molecule has 2 rings (SSSR count). The topological polar surface area (TPSA) is 54.9 Å². The molecule has 0 saturated carbocycles. The van der Waals surface area contributed by atoms with Crippen LogP contribution in [0.1, 0.15) is 27.9 Å². The van der Waals surface area contributed by atoms with Gasteiger partial charge in [-0.05, 0) is 25.5 Å². The predicted octanol–water partition coefficient (Wildman–Crippen LogP) is 3.70. The number of Topliss-reactive ketones (excluding diaryl/α,β-unsaturated/α-hetero) is 1. The van der Waals surface area contributed by atoms with Gasteiger partial charge in [-0.3, -0.25) is 4.79 Å². The molecule has 0 aromatic carbocycles. The van der Waals surface area contributed by atoms with E-state index >= 15 is 0 Å². The number of hydrogen-bond acceptors (Lipinski definition) is 7. The van der Waals surface area contributed by atoms with Crippen molar-refractivity contribution >= 4 is 45.4 Å². The molecule has 1 N–H and O–H groups in total. The van der Waals surface area contributed by atoms with Crippen molar-refractivity contribution in [3.8, 4) is 0 Å². The average molecular weight is 313 g/mol. The van der Waals surface area contributed by atoms with Gasteiger partial charge in [0.25, 0.3) is 0 Å². The van der Waals surface area contributed by atoms with Gasteiger partial charge in [0.05, 0.1) is 10.6 Å². The van der Waals surface area contributed by atoms with Crippen LogP contribution in [0, 0.1) is 6.92 Å². The number of anilines is 1. The van der Waals surface area contributed by atoms with Crippen molar-refractivity contribution in [3.05, 3.63) is 21.9 Å². The minimum atomic E-state index is 0.154. The maximum absolute atomic E-state index is 11.9. The first-order valence-corrected chi connectivity index (χ1v) is 8.60. The van der Waals surface area contributed by atoms with Gasteiger partial charge < -0.3 is 5.32 Å². The van der Waals surface area contributed by atoms with Crippen molar-refractivity contribution in [1.29, 1.82) is 0 Å². The SMILES string of the molecule is CCCNc1nnc(SCC(=O)c2ccc(C)s2)s1. The van der Waals surface area contributed by atoms with Crippen molar-refractivity contribution in [3.63, 3.8) is 0 Å². The number of thioether (sulfide) groups is 1. The van der Waals surface area contributed by atoms with E-state index < -0.39 is 0 Å². The number of aromatic nitrogens is 2. The van der Waals surface area contributed by atoms with Crippen LogP contribution in [0.15, 0.2) is 16.5 Å². The number of nitrogens with zero attached hydrogens (tertiary/aromatic N) is 2. The summed E-state index contributed by atoms with van der Waals surface area (Å²) in [4.78, 5) is 13.9. The summed E-state index contributed by atoms with van der Waals surface area (Å²) in [6, 6.07) is 3.86. The molecule has 4 nitrogen and oxygen atoms in total. The van der Waals surface area contributed by atoms with Crippen LogP contribution < -0.4 is 5.32 Å². The van der Waals surface area contributed by atoms with E-state index in [1.54, 1.807) is 0 Å². The fraction of sp³-hybridized carbons (Fsp3) is 0.417.